The Balaban J connectivity index is 3.03. The molecule has 0 heterocycles. The lowest BCUT2D eigenvalue weighted by Gasteiger charge is -2.14. The van der Waals surface area contributed by atoms with Gasteiger partial charge in [-0.3, -0.25) is 0 Å². The van der Waals surface area contributed by atoms with Gasteiger partial charge >= 0.3 is 0 Å². The lowest BCUT2D eigenvalue weighted by atomic mass is 10.1. The number of aliphatic hydroxyl groups is 2. The Labute approximate surface area is 119 Å². The highest BCUT2D eigenvalue weighted by molar-refractivity contribution is 4.50. The maximum atomic E-state index is 9.22. The Morgan fingerprint density at radius 2 is 1.16 bits per heavy atom. The third-order valence-electron chi connectivity index (χ3n) is 3.45. The van der Waals surface area contributed by atoms with Crippen molar-refractivity contribution in [2.45, 2.75) is 96.9 Å². The van der Waals surface area contributed by atoms with Gasteiger partial charge < -0.3 is 14.9 Å². The van der Waals surface area contributed by atoms with E-state index in [0.29, 0.717) is 6.61 Å². The topological polar surface area (TPSA) is 49.7 Å². The van der Waals surface area contributed by atoms with Crippen LogP contribution >= 0.6 is 0 Å². The largest absolute Gasteiger partial charge is 0.388 e. The van der Waals surface area contributed by atoms with Crippen LogP contribution in [0.1, 0.15) is 84.5 Å². The molecule has 0 aromatic rings. The maximum Gasteiger partial charge on any atom is 0.180 e. The van der Waals surface area contributed by atoms with Gasteiger partial charge in [0.15, 0.2) is 6.29 Å². The normalized spacial score (nSPS) is 14.5. The number of unbranched alkanes of at least 4 members (excludes halogenated alkanes) is 10. The summed E-state index contributed by atoms with van der Waals surface area (Å²) in [7, 11) is 0. The van der Waals surface area contributed by atoms with Crippen LogP contribution in [-0.4, -0.2) is 29.2 Å². The Kier molecular flexibility index (Phi) is 14.2. The Morgan fingerprint density at radius 3 is 1.58 bits per heavy atom. The quantitative estimate of drug-likeness (QED) is 0.371. The molecule has 0 saturated carbocycles. The van der Waals surface area contributed by atoms with Gasteiger partial charge in [-0.2, -0.15) is 0 Å². The first-order valence-corrected chi connectivity index (χ1v) is 8.16. The Bertz CT molecular complexity index is 171. The number of ether oxygens (including phenoxy) is 1. The minimum absolute atomic E-state index is 0.545. The lowest BCUT2D eigenvalue weighted by molar-refractivity contribution is -0.156. The molecule has 0 bridgehead atoms. The van der Waals surface area contributed by atoms with Crippen LogP contribution in [0.2, 0.25) is 0 Å². The summed E-state index contributed by atoms with van der Waals surface area (Å²) in [5.74, 6) is 0. The molecule has 0 aliphatic heterocycles. The summed E-state index contributed by atoms with van der Waals surface area (Å²) < 4.78 is 5.09. The molecule has 0 radical (unpaired) electrons. The molecule has 2 unspecified atom stereocenters. The predicted octanol–water partition coefficient (Wildman–Crippen LogP) is 4.01. The Morgan fingerprint density at radius 1 is 0.737 bits per heavy atom. The van der Waals surface area contributed by atoms with E-state index < -0.39 is 12.4 Å². The minimum Gasteiger partial charge on any atom is -0.388 e. The number of hydrogen-bond donors (Lipinski definition) is 2. The van der Waals surface area contributed by atoms with Crippen molar-refractivity contribution in [2.24, 2.45) is 0 Å². The molecular weight excluding hydrogens is 240 g/mol. The van der Waals surface area contributed by atoms with E-state index in [4.69, 9.17) is 9.84 Å². The van der Waals surface area contributed by atoms with Gasteiger partial charge in [0.2, 0.25) is 0 Å². The van der Waals surface area contributed by atoms with Gasteiger partial charge in [0.25, 0.3) is 0 Å². The van der Waals surface area contributed by atoms with E-state index in [1.165, 1.54) is 64.7 Å². The highest BCUT2D eigenvalue weighted by Gasteiger charge is 2.09. The fourth-order valence-corrected chi connectivity index (χ4v) is 2.11. The predicted molar refractivity (Wildman–Crippen MR) is 80.1 cm³/mol. The zero-order valence-corrected chi connectivity index (χ0v) is 12.9. The van der Waals surface area contributed by atoms with Crippen molar-refractivity contribution in [3.63, 3.8) is 0 Å². The van der Waals surface area contributed by atoms with Gasteiger partial charge in [-0.05, 0) is 13.3 Å². The van der Waals surface area contributed by atoms with Crippen LogP contribution in [0.4, 0.5) is 0 Å². The van der Waals surface area contributed by atoms with Crippen LogP contribution in [0.25, 0.3) is 0 Å². The van der Waals surface area contributed by atoms with E-state index in [2.05, 4.69) is 6.92 Å². The van der Waals surface area contributed by atoms with Crippen molar-refractivity contribution in [2.75, 3.05) is 6.61 Å². The number of aliphatic hydroxyl groups excluding tert-OH is 2. The monoisotopic (exact) mass is 274 g/mol. The number of rotatable bonds is 14. The van der Waals surface area contributed by atoms with Gasteiger partial charge in [-0.1, -0.05) is 71.1 Å². The van der Waals surface area contributed by atoms with Crippen molar-refractivity contribution in [3.8, 4) is 0 Å². The van der Waals surface area contributed by atoms with Crippen LogP contribution in [0.15, 0.2) is 0 Å². The van der Waals surface area contributed by atoms with Gasteiger partial charge in [0.1, 0.15) is 6.10 Å². The molecule has 3 heteroatoms. The minimum atomic E-state index is -1.02. The molecule has 0 fully saturated rings. The lowest BCUT2D eigenvalue weighted by Crippen LogP contribution is -2.26. The fourth-order valence-electron chi connectivity index (χ4n) is 2.11. The highest BCUT2D eigenvalue weighted by atomic mass is 16.6. The van der Waals surface area contributed by atoms with E-state index in [9.17, 15) is 5.11 Å². The molecule has 0 aliphatic carbocycles. The van der Waals surface area contributed by atoms with E-state index in [-0.39, 0.29) is 0 Å². The summed E-state index contributed by atoms with van der Waals surface area (Å²) in [6, 6.07) is 0. The average molecular weight is 274 g/mol. The van der Waals surface area contributed by atoms with Crippen LogP contribution < -0.4 is 0 Å². The first kappa shape index (κ1) is 18.9. The van der Waals surface area contributed by atoms with Gasteiger partial charge in [0, 0.05) is 6.61 Å². The molecule has 116 valence electrons. The van der Waals surface area contributed by atoms with Gasteiger partial charge in [-0.25, -0.2) is 0 Å². The smallest absolute Gasteiger partial charge is 0.180 e. The highest BCUT2D eigenvalue weighted by Crippen LogP contribution is 2.11. The second kappa shape index (κ2) is 14.3. The standard InChI is InChI=1S/C16H34O3/c1-3-4-5-6-7-8-9-10-11-12-13-14-19-16(18)15(2)17/h15-18H,3-14H2,1-2H3. The number of hydrogen-bond acceptors (Lipinski definition) is 3. The van der Waals surface area contributed by atoms with E-state index in [1.807, 2.05) is 0 Å². The third kappa shape index (κ3) is 14.1. The fraction of sp³-hybridized carbons (Fsp3) is 1.00. The maximum absolute atomic E-state index is 9.22. The molecule has 2 N–H and O–H groups in total. The van der Waals surface area contributed by atoms with Gasteiger partial charge in [-0.15, -0.1) is 0 Å². The first-order chi connectivity index (χ1) is 9.18. The van der Waals surface area contributed by atoms with Crippen LogP contribution in [-0.2, 0) is 4.74 Å². The second-order valence-electron chi connectivity index (χ2n) is 5.54. The van der Waals surface area contributed by atoms with E-state index in [1.54, 1.807) is 0 Å². The summed E-state index contributed by atoms with van der Waals surface area (Å²) >= 11 is 0. The van der Waals surface area contributed by atoms with Crippen molar-refractivity contribution in [1.29, 1.82) is 0 Å². The molecule has 3 nitrogen and oxygen atoms in total. The van der Waals surface area contributed by atoms with E-state index in [0.717, 1.165) is 12.8 Å². The molecule has 2 atom stereocenters. The molecule has 0 aromatic heterocycles. The first-order valence-electron chi connectivity index (χ1n) is 8.16. The molecule has 0 aromatic carbocycles. The van der Waals surface area contributed by atoms with E-state index >= 15 is 0 Å². The molecule has 0 spiro atoms. The van der Waals surface area contributed by atoms with Crippen molar-refractivity contribution >= 4 is 0 Å². The molecule has 0 aliphatic rings. The average Bonchev–Trinajstić information content (AvgIpc) is 2.39. The van der Waals surface area contributed by atoms with Crippen molar-refractivity contribution in [3.05, 3.63) is 0 Å². The summed E-state index contributed by atoms with van der Waals surface area (Å²) in [5.41, 5.74) is 0. The second-order valence-corrected chi connectivity index (χ2v) is 5.54. The SMILES string of the molecule is CCCCCCCCCCCCCOC(O)C(C)O. The van der Waals surface area contributed by atoms with Crippen molar-refractivity contribution in [1.82, 2.24) is 0 Å². The molecular formula is C16H34O3. The molecule has 0 amide bonds. The van der Waals surface area contributed by atoms with Crippen LogP contribution in [0, 0.1) is 0 Å². The van der Waals surface area contributed by atoms with Crippen molar-refractivity contribution < 1.29 is 14.9 Å². The summed E-state index contributed by atoms with van der Waals surface area (Å²) in [4.78, 5) is 0. The summed E-state index contributed by atoms with van der Waals surface area (Å²) in [6.45, 7) is 4.33. The molecule has 19 heavy (non-hydrogen) atoms. The van der Waals surface area contributed by atoms with Crippen LogP contribution in [0.5, 0.6) is 0 Å². The molecule has 0 saturated heterocycles. The Hall–Kier alpha value is -0.120. The summed E-state index contributed by atoms with van der Waals surface area (Å²) in [6.07, 6.45) is 12.5. The van der Waals surface area contributed by atoms with Gasteiger partial charge in [0.05, 0.1) is 0 Å². The third-order valence-corrected chi connectivity index (χ3v) is 3.45. The zero-order valence-electron chi connectivity index (χ0n) is 12.9. The zero-order chi connectivity index (χ0) is 14.3. The summed E-state index contributed by atoms with van der Waals surface area (Å²) in [5, 5.41) is 18.2. The van der Waals surface area contributed by atoms with Crippen LogP contribution in [0.3, 0.4) is 0 Å². The molecule has 0 rings (SSSR count).